The van der Waals surface area contributed by atoms with E-state index in [-0.39, 0.29) is 0 Å². The van der Waals surface area contributed by atoms with E-state index in [1.807, 2.05) is 12.3 Å². The molecule has 1 aliphatic heterocycles. The van der Waals surface area contributed by atoms with Gasteiger partial charge in [0, 0.05) is 23.7 Å². The average molecular weight is 410 g/mol. The van der Waals surface area contributed by atoms with Gasteiger partial charge in [-0.25, -0.2) is 4.57 Å². The molecule has 3 heterocycles. The van der Waals surface area contributed by atoms with Gasteiger partial charge in [0.25, 0.3) is 0 Å². The maximum Gasteiger partial charge on any atom is 0.228 e. The third-order valence-corrected chi connectivity index (χ3v) is 7.62. The molecule has 3 heteroatoms. The summed E-state index contributed by atoms with van der Waals surface area (Å²) in [5.41, 5.74) is 6.55. The smallest absolute Gasteiger partial charge is 0.228 e. The van der Waals surface area contributed by atoms with E-state index in [1.54, 1.807) is 0 Å². The zero-order valence-electron chi connectivity index (χ0n) is 18.8. The second-order valence-corrected chi connectivity index (χ2v) is 10.2. The summed E-state index contributed by atoms with van der Waals surface area (Å²) in [5.74, 6) is 2.53. The van der Waals surface area contributed by atoms with Crippen LogP contribution in [0.25, 0.3) is 32.9 Å². The van der Waals surface area contributed by atoms with Crippen molar-refractivity contribution in [2.45, 2.75) is 52.4 Å². The largest absolute Gasteiger partial charge is 0.455 e. The van der Waals surface area contributed by atoms with Gasteiger partial charge < -0.3 is 4.74 Å². The first kappa shape index (κ1) is 18.8. The summed E-state index contributed by atoms with van der Waals surface area (Å²) < 4.78 is 8.85. The first-order valence-electron chi connectivity index (χ1n) is 11.4. The summed E-state index contributed by atoms with van der Waals surface area (Å²) in [6, 6.07) is 13.2. The SMILES string of the molecule is Cc1c2c(cc3ncccc13)Oc1cc(C3CCC(C)(C)CC3)cc3cc[n+](C)c-2c13. The lowest BCUT2D eigenvalue weighted by Crippen LogP contribution is -2.32. The fourth-order valence-corrected chi connectivity index (χ4v) is 5.70. The first-order chi connectivity index (χ1) is 14.9. The van der Waals surface area contributed by atoms with E-state index in [2.05, 4.69) is 73.9 Å². The van der Waals surface area contributed by atoms with Crippen molar-refractivity contribution in [3.63, 3.8) is 0 Å². The highest BCUT2D eigenvalue weighted by molar-refractivity contribution is 6.04. The highest BCUT2D eigenvalue weighted by Crippen LogP contribution is 2.50. The molecule has 31 heavy (non-hydrogen) atoms. The maximum atomic E-state index is 6.61. The van der Waals surface area contributed by atoms with E-state index in [0.717, 1.165) is 17.0 Å². The van der Waals surface area contributed by atoms with Crippen LogP contribution in [0.5, 0.6) is 11.5 Å². The molecule has 2 aromatic carbocycles. The Morgan fingerprint density at radius 3 is 2.68 bits per heavy atom. The minimum Gasteiger partial charge on any atom is -0.455 e. The second kappa shape index (κ2) is 6.53. The second-order valence-electron chi connectivity index (χ2n) is 10.2. The summed E-state index contributed by atoms with van der Waals surface area (Å²) in [7, 11) is 2.14. The van der Waals surface area contributed by atoms with Crippen LogP contribution in [-0.4, -0.2) is 4.98 Å². The van der Waals surface area contributed by atoms with E-state index >= 15 is 0 Å². The van der Waals surface area contributed by atoms with Crippen LogP contribution in [-0.2, 0) is 7.05 Å². The van der Waals surface area contributed by atoms with Gasteiger partial charge >= 0.3 is 0 Å². The van der Waals surface area contributed by atoms with E-state index in [4.69, 9.17) is 4.74 Å². The molecule has 3 nitrogen and oxygen atoms in total. The topological polar surface area (TPSA) is 26.0 Å². The van der Waals surface area contributed by atoms with Crippen molar-refractivity contribution in [2.75, 3.05) is 0 Å². The van der Waals surface area contributed by atoms with E-state index in [9.17, 15) is 0 Å². The molecule has 0 bridgehead atoms. The van der Waals surface area contributed by atoms with Crippen LogP contribution < -0.4 is 9.30 Å². The van der Waals surface area contributed by atoms with Crippen LogP contribution in [0.3, 0.4) is 0 Å². The molecule has 1 aliphatic carbocycles. The maximum absolute atomic E-state index is 6.61. The van der Waals surface area contributed by atoms with Crippen molar-refractivity contribution < 1.29 is 9.30 Å². The Hall–Kier alpha value is -2.94. The van der Waals surface area contributed by atoms with Gasteiger partial charge in [0.05, 0.1) is 16.5 Å². The summed E-state index contributed by atoms with van der Waals surface area (Å²) >= 11 is 0. The third kappa shape index (κ3) is 2.86. The number of rotatable bonds is 1. The van der Waals surface area contributed by atoms with Gasteiger partial charge in [-0.05, 0) is 72.6 Å². The summed E-state index contributed by atoms with van der Waals surface area (Å²) in [5, 5.41) is 3.69. The van der Waals surface area contributed by atoms with Gasteiger partial charge in [0.2, 0.25) is 5.69 Å². The summed E-state index contributed by atoms with van der Waals surface area (Å²) in [6.07, 6.45) is 9.15. The number of hydrogen-bond acceptors (Lipinski definition) is 2. The Morgan fingerprint density at radius 2 is 1.87 bits per heavy atom. The molecule has 2 aromatic heterocycles. The number of aryl methyl sites for hydroxylation is 2. The van der Waals surface area contributed by atoms with Crippen molar-refractivity contribution in [1.82, 2.24) is 4.98 Å². The number of aromatic nitrogens is 2. The molecule has 1 saturated carbocycles. The molecule has 156 valence electrons. The Labute approximate surface area is 183 Å². The number of benzene rings is 2. The molecule has 0 radical (unpaired) electrons. The van der Waals surface area contributed by atoms with E-state index in [0.29, 0.717) is 11.3 Å². The molecule has 0 unspecified atom stereocenters. The Balaban J connectivity index is 1.57. The Bertz CT molecular complexity index is 1360. The van der Waals surface area contributed by atoms with Gasteiger partial charge in [-0.2, -0.15) is 0 Å². The van der Waals surface area contributed by atoms with Crippen LogP contribution >= 0.6 is 0 Å². The quantitative estimate of drug-likeness (QED) is 0.279. The number of pyridine rings is 2. The minimum atomic E-state index is 0.476. The van der Waals surface area contributed by atoms with Crippen LogP contribution in [0.15, 0.2) is 48.8 Å². The van der Waals surface area contributed by atoms with Gasteiger partial charge in [-0.3, -0.25) is 4.98 Å². The summed E-state index contributed by atoms with van der Waals surface area (Å²) in [4.78, 5) is 4.60. The monoisotopic (exact) mass is 409 g/mol. The van der Waals surface area contributed by atoms with Crippen molar-refractivity contribution in [2.24, 2.45) is 12.5 Å². The number of hydrogen-bond donors (Lipinski definition) is 0. The van der Waals surface area contributed by atoms with Gasteiger partial charge in [0.1, 0.15) is 18.5 Å². The van der Waals surface area contributed by atoms with Crippen LogP contribution in [0, 0.1) is 12.3 Å². The minimum absolute atomic E-state index is 0.476. The summed E-state index contributed by atoms with van der Waals surface area (Å²) in [6.45, 7) is 6.99. The van der Waals surface area contributed by atoms with Crippen molar-refractivity contribution in [1.29, 1.82) is 0 Å². The van der Waals surface area contributed by atoms with Crippen LogP contribution in [0.2, 0.25) is 0 Å². The molecule has 0 spiro atoms. The Morgan fingerprint density at radius 1 is 1.06 bits per heavy atom. The number of fused-ring (bicyclic) bond motifs is 3. The number of nitrogens with zero attached hydrogens (tertiary/aromatic N) is 2. The van der Waals surface area contributed by atoms with Crippen molar-refractivity contribution in [3.8, 4) is 22.8 Å². The van der Waals surface area contributed by atoms with Crippen molar-refractivity contribution >= 4 is 21.7 Å². The van der Waals surface area contributed by atoms with E-state index < -0.39 is 0 Å². The normalized spacial score (nSPS) is 17.5. The zero-order chi connectivity index (χ0) is 21.3. The first-order valence-corrected chi connectivity index (χ1v) is 11.4. The molecule has 1 fully saturated rings. The predicted octanol–water partition coefficient (Wildman–Crippen LogP) is 6.98. The number of ether oxygens (including phenoxy) is 1. The molecule has 2 aliphatic rings. The fraction of sp³-hybridized carbons (Fsp3) is 0.357. The van der Waals surface area contributed by atoms with Crippen LogP contribution in [0.1, 0.15) is 56.6 Å². The molecule has 0 N–H and O–H groups in total. The highest BCUT2D eigenvalue weighted by Gasteiger charge is 2.33. The molecular formula is C28H29N2O+. The molecule has 0 saturated heterocycles. The van der Waals surface area contributed by atoms with Gasteiger partial charge in [-0.15, -0.1) is 0 Å². The zero-order valence-corrected chi connectivity index (χ0v) is 18.8. The van der Waals surface area contributed by atoms with Crippen LogP contribution in [0.4, 0.5) is 0 Å². The fourth-order valence-electron chi connectivity index (χ4n) is 5.70. The van der Waals surface area contributed by atoms with Crippen molar-refractivity contribution in [3.05, 3.63) is 59.9 Å². The molecule has 6 rings (SSSR count). The van der Waals surface area contributed by atoms with Gasteiger partial charge in [0.15, 0.2) is 6.20 Å². The molecule has 0 amide bonds. The molecule has 0 atom stereocenters. The molecular weight excluding hydrogens is 380 g/mol. The lowest BCUT2D eigenvalue weighted by molar-refractivity contribution is -0.659. The lowest BCUT2D eigenvalue weighted by Gasteiger charge is -2.35. The average Bonchev–Trinajstić information content (AvgIpc) is 2.75. The third-order valence-electron chi connectivity index (χ3n) is 7.62. The Kier molecular flexibility index (Phi) is 3.96. The standard InChI is InChI=1S/C28H29N2O/c1-17-21-6-5-12-29-22(21)16-24-25(17)27-26-19(9-13-30(27)4)14-20(15-23(26)31-24)18-7-10-28(2,3)11-8-18/h5-6,9,12-16,18H,7-8,10-11H2,1-4H3/q+1. The lowest BCUT2D eigenvalue weighted by atomic mass is 9.71. The predicted molar refractivity (Wildman–Crippen MR) is 126 cm³/mol. The highest BCUT2D eigenvalue weighted by atomic mass is 16.5. The van der Waals surface area contributed by atoms with Gasteiger partial charge in [-0.1, -0.05) is 26.0 Å². The van der Waals surface area contributed by atoms with E-state index in [1.165, 1.54) is 64.2 Å². The molecule has 4 aromatic rings.